The maximum absolute atomic E-state index is 12.7. The van der Waals surface area contributed by atoms with Crippen molar-refractivity contribution in [3.05, 3.63) is 58.3 Å². The first-order valence-corrected chi connectivity index (χ1v) is 7.19. The van der Waals surface area contributed by atoms with Crippen molar-refractivity contribution in [3.63, 3.8) is 0 Å². The van der Waals surface area contributed by atoms with Crippen LogP contribution < -0.4 is 5.73 Å². The summed E-state index contributed by atoms with van der Waals surface area (Å²) in [4.78, 5) is 25.4. The average Bonchev–Trinajstić information content (AvgIpc) is 2.52. The van der Waals surface area contributed by atoms with Gasteiger partial charge in [0.05, 0.1) is 5.70 Å². The van der Waals surface area contributed by atoms with E-state index < -0.39 is 5.92 Å². The fourth-order valence-corrected chi connectivity index (χ4v) is 3.05. The summed E-state index contributed by atoms with van der Waals surface area (Å²) in [6.07, 6.45) is 0. The van der Waals surface area contributed by atoms with Crippen LogP contribution in [0.4, 0.5) is 0 Å². The molecule has 1 aliphatic rings. The van der Waals surface area contributed by atoms with Gasteiger partial charge in [0.2, 0.25) is 5.78 Å². The van der Waals surface area contributed by atoms with Crippen LogP contribution in [0, 0.1) is 12.8 Å². The number of nitrogens with two attached hydrogens (primary N) is 1. The van der Waals surface area contributed by atoms with E-state index in [4.69, 9.17) is 5.73 Å². The van der Waals surface area contributed by atoms with E-state index in [9.17, 15) is 14.7 Å². The van der Waals surface area contributed by atoms with Crippen molar-refractivity contribution in [2.24, 2.45) is 11.7 Å². The predicted molar refractivity (Wildman–Crippen MR) is 84.8 cm³/mol. The third kappa shape index (κ3) is 1.88. The molecule has 0 heterocycles. The molecule has 0 bridgehead atoms. The SMILES string of the molecule is Cc1cccc2c3c(ccc12)C(=O)C(C(C)CO)=C(N)C3=O. The largest absolute Gasteiger partial charge is 0.396 e. The highest BCUT2D eigenvalue weighted by atomic mass is 16.3. The minimum Gasteiger partial charge on any atom is -0.396 e. The number of carbonyl (C=O) groups excluding carboxylic acids is 2. The molecule has 0 aliphatic heterocycles. The number of rotatable bonds is 2. The number of fused-ring (bicyclic) bond motifs is 3. The molecule has 2 aromatic carbocycles. The Labute approximate surface area is 128 Å². The Kier molecular flexibility index (Phi) is 3.34. The van der Waals surface area contributed by atoms with Gasteiger partial charge >= 0.3 is 0 Å². The van der Waals surface area contributed by atoms with Crippen LogP contribution in [-0.2, 0) is 0 Å². The molecular weight excluding hydrogens is 278 g/mol. The van der Waals surface area contributed by atoms with Gasteiger partial charge in [0.1, 0.15) is 0 Å². The Balaban J connectivity index is 2.34. The second kappa shape index (κ2) is 5.07. The number of hydrogen-bond donors (Lipinski definition) is 2. The van der Waals surface area contributed by atoms with Crippen molar-refractivity contribution in [3.8, 4) is 0 Å². The lowest BCUT2D eigenvalue weighted by atomic mass is 9.80. The molecule has 1 unspecified atom stereocenters. The molecule has 0 spiro atoms. The van der Waals surface area contributed by atoms with Gasteiger partial charge in [-0.3, -0.25) is 9.59 Å². The van der Waals surface area contributed by atoms with E-state index in [0.717, 1.165) is 16.3 Å². The molecule has 0 saturated carbocycles. The first-order valence-electron chi connectivity index (χ1n) is 7.19. The smallest absolute Gasteiger partial charge is 0.210 e. The molecule has 0 aromatic heterocycles. The van der Waals surface area contributed by atoms with E-state index in [0.29, 0.717) is 11.1 Å². The Morgan fingerprint density at radius 1 is 1.09 bits per heavy atom. The zero-order valence-corrected chi connectivity index (χ0v) is 12.5. The Morgan fingerprint density at radius 3 is 2.50 bits per heavy atom. The molecule has 0 amide bonds. The number of hydrogen-bond acceptors (Lipinski definition) is 4. The van der Waals surface area contributed by atoms with Gasteiger partial charge in [0, 0.05) is 29.2 Å². The van der Waals surface area contributed by atoms with Gasteiger partial charge in [-0.2, -0.15) is 0 Å². The van der Waals surface area contributed by atoms with E-state index in [1.54, 1.807) is 13.0 Å². The van der Waals surface area contributed by atoms with Crippen molar-refractivity contribution < 1.29 is 14.7 Å². The highest BCUT2D eigenvalue weighted by Crippen LogP contribution is 2.33. The highest BCUT2D eigenvalue weighted by Gasteiger charge is 2.34. The van der Waals surface area contributed by atoms with Gasteiger partial charge in [-0.1, -0.05) is 31.2 Å². The summed E-state index contributed by atoms with van der Waals surface area (Å²) in [6, 6.07) is 9.20. The first kappa shape index (κ1) is 14.5. The van der Waals surface area contributed by atoms with E-state index in [1.807, 2.05) is 31.2 Å². The van der Waals surface area contributed by atoms with Crippen LogP contribution in [0.25, 0.3) is 10.8 Å². The zero-order valence-electron chi connectivity index (χ0n) is 12.5. The molecule has 22 heavy (non-hydrogen) atoms. The molecular formula is C18H17NO3. The molecule has 4 heteroatoms. The molecule has 0 saturated heterocycles. The Hall–Kier alpha value is -2.46. The molecule has 4 nitrogen and oxygen atoms in total. The number of allylic oxidation sites excluding steroid dienone is 1. The predicted octanol–water partition coefficient (Wildman–Crippen LogP) is 2.37. The molecule has 112 valence electrons. The molecule has 1 aliphatic carbocycles. The fraction of sp³-hybridized carbons (Fsp3) is 0.222. The standard InChI is InChI=1S/C18H17NO3/c1-9-4-3-5-12-11(9)6-7-13-15(12)18(22)16(19)14(17(13)21)10(2)8-20/h3-7,10,20H,8,19H2,1-2H3. The van der Waals surface area contributed by atoms with Crippen molar-refractivity contribution >= 4 is 22.3 Å². The van der Waals surface area contributed by atoms with Crippen LogP contribution in [0.5, 0.6) is 0 Å². The summed E-state index contributed by atoms with van der Waals surface area (Å²) >= 11 is 0. The molecule has 0 radical (unpaired) electrons. The topological polar surface area (TPSA) is 80.4 Å². The maximum Gasteiger partial charge on any atom is 0.210 e. The second-order valence-electron chi connectivity index (χ2n) is 5.73. The summed E-state index contributed by atoms with van der Waals surface area (Å²) in [7, 11) is 0. The Bertz CT molecular complexity index is 849. The number of aliphatic hydroxyl groups excluding tert-OH is 1. The summed E-state index contributed by atoms with van der Waals surface area (Å²) in [5.74, 6) is -1.06. The number of benzene rings is 2. The summed E-state index contributed by atoms with van der Waals surface area (Å²) in [5.41, 5.74) is 7.88. The van der Waals surface area contributed by atoms with Crippen LogP contribution in [0.15, 0.2) is 41.6 Å². The average molecular weight is 295 g/mol. The van der Waals surface area contributed by atoms with E-state index in [2.05, 4.69) is 0 Å². The van der Waals surface area contributed by atoms with Crippen LogP contribution in [0.3, 0.4) is 0 Å². The zero-order chi connectivity index (χ0) is 16.0. The normalized spacial score (nSPS) is 16.1. The fourth-order valence-electron chi connectivity index (χ4n) is 3.05. The van der Waals surface area contributed by atoms with E-state index in [1.165, 1.54) is 0 Å². The van der Waals surface area contributed by atoms with Crippen LogP contribution in [-0.4, -0.2) is 23.3 Å². The molecule has 2 aromatic rings. The number of aliphatic hydroxyl groups is 1. The van der Waals surface area contributed by atoms with Gasteiger partial charge in [0.15, 0.2) is 5.78 Å². The lowest BCUT2D eigenvalue weighted by Crippen LogP contribution is -2.30. The number of Topliss-reactive ketones (excluding diaryl/α,β-unsaturated/α-hetero) is 2. The molecule has 3 N–H and O–H groups in total. The van der Waals surface area contributed by atoms with Gasteiger partial charge in [0.25, 0.3) is 0 Å². The van der Waals surface area contributed by atoms with Gasteiger partial charge < -0.3 is 10.8 Å². The lowest BCUT2D eigenvalue weighted by Gasteiger charge is -2.23. The third-order valence-corrected chi connectivity index (χ3v) is 4.30. The maximum atomic E-state index is 12.7. The van der Waals surface area contributed by atoms with Crippen molar-refractivity contribution in [1.82, 2.24) is 0 Å². The van der Waals surface area contributed by atoms with Crippen molar-refractivity contribution in [1.29, 1.82) is 0 Å². The van der Waals surface area contributed by atoms with Crippen LogP contribution >= 0.6 is 0 Å². The minimum atomic E-state index is -0.460. The monoisotopic (exact) mass is 295 g/mol. The Morgan fingerprint density at radius 2 is 1.82 bits per heavy atom. The number of aryl methyl sites for hydroxylation is 1. The van der Waals surface area contributed by atoms with E-state index >= 15 is 0 Å². The third-order valence-electron chi connectivity index (χ3n) is 4.30. The summed E-state index contributed by atoms with van der Waals surface area (Å²) < 4.78 is 0. The first-order chi connectivity index (χ1) is 10.5. The van der Waals surface area contributed by atoms with E-state index in [-0.39, 0.29) is 29.4 Å². The van der Waals surface area contributed by atoms with Gasteiger partial charge in [-0.05, 0) is 29.3 Å². The quantitative estimate of drug-likeness (QED) is 0.891. The second-order valence-corrected chi connectivity index (χ2v) is 5.73. The highest BCUT2D eigenvalue weighted by molar-refractivity contribution is 6.30. The summed E-state index contributed by atoms with van der Waals surface area (Å²) in [5, 5.41) is 11.0. The van der Waals surface area contributed by atoms with Gasteiger partial charge in [-0.15, -0.1) is 0 Å². The molecule has 1 atom stereocenters. The van der Waals surface area contributed by atoms with Crippen LogP contribution in [0.1, 0.15) is 33.2 Å². The van der Waals surface area contributed by atoms with Crippen molar-refractivity contribution in [2.45, 2.75) is 13.8 Å². The lowest BCUT2D eigenvalue weighted by molar-refractivity contribution is 0.0959. The van der Waals surface area contributed by atoms with Crippen molar-refractivity contribution in [2.75, 3.05) is 6.61 Å². The van der Waals surface area contributed by atoms with Crippen LogP contribution in [0.2, 0.25) is 0 Å². The number of ketones is 2. The minimum absolute atomic E-state index is 0.0481. The molecule has 3 rings (SSSR count). The summed E-state index contributed by atoms with van der Waals surface area (Å²) in [6.45, 7) is 3.42. The van der Waals surface area contributed by atoms with Gasteiger partial charge in [-0.25, -0.2) is 0 Å². The molecule has 0 fully saturated rings. The number of carbonyl (C=O) groups is 2.